The predicted octanol–water partition coefficient (Wildman–Crippen LogP) is 2.07. The standard InChI is InChI=1S/C13H15NO3/c1-8-7-11(8)12(15)14-10-5-3-9(4-6-10)13(16)17-2/h3-6,8,11H,7H2,1-2H3,(H,14,15)/t8-,11+/m1/s1. The molecule has 1 aromatic carbocycles. The van der Waals surface area contributed by atoms with Crippen LogP contribution >= 0.6 is 0 Å². The number of ether oxygens (including phenoxy) is 1. The second kappa shape index (κ2) is 4.57. The Morgan fingerprint density at radius 3 is 2.35 bits per heavy atom. The Labute approximate surface area is 100.0 Å². The van der Waals surface area contributed by atoms with E-state index in [-0.39, 0.29) is 17.8 Å². The molecule has 2 atom stereocenters. The van der Waals surface area contributed by atoms with Crippen LogP contribution in [0, 0.1) is 11.8 Å². The summed E-state index contributed by atoms with van der Waals surface area (Å²) in [6.45, 7) is 2.06. The molecule has 0 spiro atoms. The summed E-state index contributed by atoms with van der Waals surface area (Å²) in [4.78, 5) is 22.9. The van der Waals surface area contributed by atoms with Crippen molar-refractivity contribution in [2.75, 3.05) is 12.4 Å². The summed E-state index contributed by atoms with van der Waals surface area (Å²) in [7, 11) is 1.34. The number of hydrogen-bond donors (Lipinski definition) is 1. The van der Waals surface area contributed by atoms with Gasteiger partial charge in [-0.25, -0.2) is 4.79 Å². The zero-order chi connectivity index (χ0) is 12.4. The molecule has 1 aliphatic rings. The van der Waals surface area contributed by atoms with Crippen LogP contribution in [0.2, 0.25) is 0 Å². The highest BCUT2D eigenvalue weighted by Crippen LogP contribution is 2.38. The van der Waals surface area contributed by atoms with Crippen LogP contribution in [-0.2, 0) is 9.53 Å². The van der Waals surface area contributed by atoms with Crippen LogP contribution in [-0.4, -0.2) is 19.0 Å². The third-order valence-corrected chi connectivity index (χ3v) is 3.02. The molecule has 0 aromatic heterocycles. The SMILES string of the molecule is COC(=O)c1ccc(NC(=O)[C@H]2C[C@H]2C)cc1. The lowest BCUT2D eigenvalue weighted by Crippen LogP contribution is -2.14. The van der Waals surface area contributed by atoms with Crippen molar-refractivity contribution < 1.29 is 14.3 Å². The van der Waals surface area contributed by atoms with Crippen LogP contribution in [0.25, 0.3) is 0 Å². The molecule has 1 aliphatic carbocycles. The van der Waals surface area contributed by atoms with Gasteiger partial charge in [-0.15, -0.1) is 0 Å². The van der Waals surface area contributed by atoms with Crippen molar-refractivity contribution in [1.29, 1.82) is 0 Å². The number of amides is 1. The predicted molar refractivity (Wildman–Crippen MR) is 63.7 cm³/mol. The fourth-order valence-electron chi connectivity index (χ4n) is 1.73. The molecule has 1 fully saturated rings. The lowest BCUT2D eigenvalue weighted by molar-refractivity contribution is -0.117. The van der Waals surface area contributed by atoms with E-state index in [0.29, 0.717) is 17.2 Å². The van der Waals surface area contributed by atoms with E-state index in [0.717, 1.165) is 6.42 Å². The van der Waals surface area contributed by atoms with Gasteiger partial charge >= 0.3 is 5.97 Å². The number of carbonyl (C=O) groups is 2. The van der Waals surface area contributed by atoms with Crippen molar-refractivity contribution in [3.63, 3.8) is 0 Å². The van der Waals surface area contributed by atoms with Crippen molar-refractivity contribution in [3.05, 3.63) is 29.8 Å². The smallest absolute Gasteiger partial charge is 0.337 e. The Morgan fingerprint density at radius 1 is 1.29 bits per heavy atom. The highest BCUT2D eigenvalue weighted by molar-refractivity contribution is 5.95. The molecule has 0 radical (unpaired) electrons. The molecule has 2 rings (SSSR count). The van der Waals surface area contributed by atoms with Crippen LogP contribution in [0.15, 0.2) is 24.3 Å². The van der Waals surface area contributed by atoms with E-state index in [9.17, 15) is 9.59 Å². The first-order chi connectivity index (χ1) is 8.11. The number of anilines is 1. The van der Waals surface area contributed by atoms with Crippen molar-refractivity contribution in [2.45, 2.75) is 13.3 Å². The number of carbonyl (C=O) groups excluding carboxylic acids is 2. The zero-order valence-corrected chi connectivity index (χ0v) is 9.90. The second-order valence-electron chi connectivity index (χ2n) is 4.38. The largest absolute Gasteiger partial charge is 0.465 e. The molecular weight excluding hydrogens is 218 g/mol. The van der Waals surface area contributed by atoms with Crippen molar-refractivity contribution >= 4 is 17.6 Å². The Balaban J connectivity index is 1.98. The molecule has 1 aromatic rings. The molecule has 90 valence electrons. The Morgan fingerprint density at radius 2 is 1.88 bits per heavy atom. The van der Waals surface area contributed by atoms with Crippen molar-refractivity contribution in [2.24, 2.45) is 11.8 Å². The number of benzene rings is 1. The molecule has 1 amide bonds. The van der Waals surface area contributed by atoms with Gasteiger partial charge in [-0.05, 0) is 36.6 Å². The molecule has 1 saturated carbocycles. The van der Waals surface area contributed by atoms with E-state index >= 15 is 0 Å². The normalized spacial score (nSPS) is 21.8. The van der Waals surface area contributed by atoms with Crippen LogP contribution in [0.3, 0.4) is 0 Å². The highest BCUT2D eigenvalue weighted by Gasteiger charge is 2.38. The number of hydrogen-bond acceptors (Lipinski definition) is 3. The summed E-state index contributed by atoms with van der Waals surface area (Å²) < 4.78 is 4.59. The third kappa shape index (κ3) is 2.64. The minimum absolute atomic E-state index is 0.0586. The number of esters is 1. The Kier molecular flexibility index (Phi) is 3.13. The average molecular weight is 233 g/mol. The summed E-state index contributed by atoms with van der Waals surface area (Å²) >= 11 is 0. The monoisotopic (exact) mass is 233 g/mol. The first-order valence-corrected chi connectivity index (χ1v) is 5.61. The maximum atomic E-state index is 11.7. The fourth-order valence-corrected chi connectivity index (χ4v) is 1.73. The van der Waals surface area contributed by atoms with Gasteiger partial charge in [0.25, 0.3) is 0 Å². The van der Waals surface area contributed by atoms with Gasteiger partial charge in [0.15, 0.2) is 0 Å². The topological polar surface area (TPSA) is 55.4 Å². The summed E-state index contributed by atoms with van der Waals surface area (Å²) in [6, 6.07) is 6.68. The van der Waals surface area contributed by atoms with Gasteiger partial charge in [0.1, 0.15) is 0 Å². The molecule has 0 unspecified atom stereocenters. The molecule has 0 bridgehead atoms. The van der Waals surface area contributed by atoms with E-state index in [1.807, 2.05) is 0 Å². The highest BCUT2D eigenvalue weighted by atomic mass is 16.5. The molecule has 0 saturated heterocycles. The van der Waals surface area contributed by atoms with Gasteiger partial charge in [0.2, 0.25) is 5.91 Å². The average Bonchev–Trinajstić information content (AvgIpc) is 3.06. The lowest BCUT2D eigenvalue weighted by atomic mass is 10.2. The van der Waals surface area contributed by atoms with Crippen LogP contribution in [0.4, 0.5) is 5.69 Å². The maximum absolute atomic E-state index is 11.7. The van der Waals surface area contributed by atoms with E-state index in [1.165, 1.54) is 7.11 Å². The first-order valence-electron chi connectivity index (χ1n) is 5.61. The summed E-state index contributed by atoms with van der Waals surface area (Å²) in [5.74, 6) is 0.321. The van der Waals surface area contributed by atoms with E-state index in [1.54, 1.807) is 24.3 Å². The molecule has 4 heteroatoms. The van der Waals surface area contributed by atoms with Gasteiger partial charge in [-0.1, -0.05) is 6.92 Å². The fraction of sp³-hybridized carbons (Fsp3) is 0.385. The maximum Gasteiger partial charge on any atom is 0.337 e. The van der Waals surface area contributed by atoms with E-state index < -0.39 is 0 Å². The summed E-state index contributed by atoms with van der Waals surface area (Å²) in [5.41, 5.74) is 1.19. The summed E-state index contributed by atoms with van der Waals surface area (Å²) in [6.07, 6.45) is 0.964. The van der Waals surface area contributed by atoms with Crippen LogP contribution in [0.1, 0.15) is 23.7 Å². The van der Waals surface area contributed by atoms with E-state index in [2.05, 4.69) is 17.0 Å². The van der Waals surface area contributed by atoms with E-state index in [4.69, 9.17) is 0 Å². The molecule has 17 heavy (non-hydrogen) atoms. The Bertz CT molecular complexity index is 438. The van der Waals surface area contributed by atoms with Gasteiger partial charge < -0.3 is 10.1 Å². The van der Waals surface area contributed by atoms with Gasteiger partial charge in [-0.2, -0.15) is 0 Å². The van der Waals surface area contributed by atoms with Crippen LogP contribution in [0.5, 0.6) is 0 Å². The molecule has 4 nitrogen and oxygen atoms in total. The first kappa shape index (κ1) is 11.6. The number of methoxy groups -OCH3 is 1. The molecule has 1 N–H and O–H groups in total. The lowest BCUT2D eigenvalue weighted by Gasteiger charge is -2.05. The second-order valence-corrected chi connectivity index (χ2v) is 4.38. The minimum Gasteiger partial charge on any atom is -0.465 e. The van der Waals surface area contributed by atoms with Crippen LogP contribution < -0.4 is 5.32 Å². The zero-order valence-electron chi connectivity index (χ0n) is 9.90. The Hall–Kier alpha value is -1.84. The number of nitrogens with one attached hydrogen (secondary N) is 1. The number of rotatable bonds is 3. The minimum atomic E-state index is -0.376. The van der Waals surface area contributed by atoms with Crippen molar-refractivity contribution in [3.8, 4) is 0 Å². The quantitative estimate of drug-likeness (QED) is 0.813. The van der Waals surface area contributed by atoms with Gasteiger partial charge in [0, 0.05) is 11.6 Å². The third-order valence-electron chi connectivity index (χ3n) is 3.02. The van der Waals surface area contributed by atoms with Crippen molar-refractivity contribution in [1.82, 2.24) is 0 Å². The molecular formula is C13H15NO3. The van der Waals surface area contributed by atoms with Gasteiger partial charge in [-0.3, -0.25) is 4.79 Å². The molecule has 0 heterocycles. The summed E-state index contributed by atoms with van der Waals surface area (Å²) in [5, 5.41) is 2.83. The molecule has 0 aliphatic heterocycles. The van der Waals surface area contributed by atoms with Gasteiger partial charge in [0.05, 0.1) is 12.7 Å².